The summed E-state index contributed by atoms with van der Waals surface area (Å²) in [5.41, 5.74) is 4.95. The number of nitrogens with zero attached hydrogens (tertiary/aromatic N) is 1. The minimum atomic E-state index is -1.23. The van der Waals surface area contributed by atoms with Gasteiger partial charge in [0.25, 0.3) is 0 Å². The van der Waals surface area contributed by atoms with E-state index in [9.17, 15) is 19.2 Å². The first-order chi connectivity index (χ1) is 9.40. The molecule has 1 atom stereocenters. The Labute approximate surface area is 115 Å². The van der Waals surface area contributed by atoms with E-state index in [1.807, 2.05) is 0 Å². The van der Waals surface area contributed by atoms with Crippen LogP contribution in [0.1, 0.15) is 19.3 Å². The van der Waals surface area contributed by atoms with Crippen LogP contribution >= 0.6 is 0 Å². The molecule has 0 aromatic heterocycles. The number of hydrogen-bond donors (Lipinski definition) is 4. The number of rotatable bonds is 5. The smallest absolute Gasteiger partial charge is 0.326 e. The molecule has 1 fully saturated rings. The van der Waals surface area contributed by atoms with Crippen LogP contribution in [0.25, 0.3) is 0 Å². The molecule has 0 bridgehead atoms. The van der Waals surface area contributed by atoms with Gasteiger partial charge in [-0.15, -0.1) is 0 Å². The van der Waals surface area contributed by atoms with Crippen LogP contribution in [0, 0.1) is 0 Å². The number of carbonyl (C=O) groups excluding carboxylic acids is 3. The van der Waals surface area contributed by atoms with E-state index in [4.69, 9.17) is 10.8 Å². The van der Waals surface area contributed by atoms with Crippen LogP contribution in [0.4, 0.5) is 4.79 Å². The fourth-order valence-electron chi connectivity index (χ4n) is 1.75. The number of urea groups is 1. The van der Waals surface area contributed by atoms with Crippen LogP contribution in [0.15, 0.2) is 0 Å². The van der Waals surface area contributed by atoms with Crippen LogP contribution < -0.4 is 16.4 Å². The summed E-state index contributed by atoms with van der Waals surface area (Å²) in [7, 11) is 0. The van der Waals surface area contributed by atoms with Gasteiger partial charge in [-0.1, -0.05) is 0 Å². The fraction of sp³-hybridized carbons (Fsp3) is 0.636. The molecule has 9 nitrogen and oxygen atoms in total. The Morgan fingerprint density at radius 1 is 1.40 bits per heavy atom. The summed E-state index contributed by atoms with van der Waals surface area (Å²) >= 11 is 0. The minimum absolute atomic E-state index is 0.0680. The van der Waals surface area contributed by atoms with E-state index in [0.717, 1.165) is 0 Å². The van der Waals surface area contributed by atoms with Gasteiger partial charge in [-0.25, -0.2) is 9.59 Å². The van der Waals surface area contributed by atoms with Gasteiger partial charge < -0.3 is 26.4 Å². The Balaban J connectivity index is 2.54. The summed E-state index contributed by atoms with van der Waals surface area (Å²) in [6.07, 6.45) is -0.0227. The van der Waals surface area contributed by atoms with Gasteiger partial charge in [-0.3, -0.25) is 9.59 Å². The van der Waals surface area contributed by atoms with Gasteiger partial charge in [0, 0.05) is 32.5 Å². The Morgan fingerprint density at radius 3 is 2.70 bits per heavy atom. The van der Waals surface area contributed by atoms with Crippen molar-refractivity contribution in [1.82, 2.24) is 15.5 Å². The largest absolute Gasteiger partial charge is 0.480 e. The maximum absolute atomic E-state index is 11.9. The molecular weight excluding hydrogens is 268 g/mol. The molecule has 20 heavy (non-hydrogen) atoms. The second-order valence-electron chi connectivity index (χ2n) is 4.43. The van der Waals surface area contributed by atoms with Gasteiger partial charge in [0.15, 0.2) is 0 Å². The summed E-state index contributed by atoms with van der Waals surface area (Å²) < 4.78 is 0. The molecule has 1 aliphatic heterocycles. The Bertz CT molecular complexity index is 412. The number of primary amides is 1. The van der Waals surface area contributed by atoms with E-state index < -0.39 is 23.9 Å². The number of nitrogens with one attached hydrogen (secondary N) is 2. The molecule has 1 saturated heterocycles. The molecule has 0 aromatic rings. The second kappa shape index (κ2) is 7.31. The number of carbonyl (C=O) groups is 4. The van der Waals surface area contributed by atoms with E-state index >= 15 is 0 Å². The monoisotopic (exact) mass is 286 g/mol. The quantitative estimate of drug-likeness (QED) is 0.473. The van der Waals surface area contributed by atoms with Crippen LogP contribution in [-0.4, -0.2) is 59.5 Å². The second-order valence-corrected chi connectivity index (χ2v) is 4.43. The van der Waals surface area contributed by atoms with Gasteiger partial charge >= 0.3 is 12.0 Å². The summed E-state index contributed by atoms with van der Waals surface area (Å²) in [4.78, 5) is 46.1. The summed E-state index contributed by atoms with van der Waals surface area (Å²) in [6.45, 7) is 0.852. The Morgan fingerprint density at radius 2 is 2.10 bits per heavy atom. The van der Waals surface area contributed by atoms with Crippen molar-refractivity contribution >= 4 is 23.8 Å². The molecule has 5 N–H and O–H groups in total. The van der Waals surface area contributed by atoms with Gasteiger partial charge in [0.05, 0.1) is 0 Å². The number of carboxylic acids is 1. The van der Waals surface area contributed by atoms with Crippen molar-refractivity contribution in [2.45, 2.75) is 25.3 Å². The molecule has 0 spiro atoms. The number of nitrogens with two attached hydrogens (primary N) is 1. The van der Waals surface area contributed by atoms with Crippen molar-refractivity contribution in [1.29, 1.82) is 0 Å². The number of amides is 4. The van der Waals surface area contributed by atoms with Crippen LogP contribution in [-0.2, 0) is 14.4 Å². The lowest BCUT2D eigenvalue weighted by atomic mass is 10.1. The molecule has 1 unspecified atom stereocenters. The highest BCUT2D eigenvalue weighted by atomic mass is 16.4. The fourth-order valence-corrected chi connectivity index (χ4v) is 1.75. The molecule has 112 valence electrons. The van der Waals surface area contributed by atoms with E-state index in [1.165, 1.54) is 4.90 Å². The molecule has 1 aliphatic rings. The zero-order valence-corrected chi connectivity index (χ0v) is 10.9. The highest BCUT2D eigenvalue weighted by molar-refractivity contribution is 5.84. The highest BCUT2D eigenvalue weighted by Crippen LogP contribution is 2.02. The lowest BCUT2D eigenvalue weighted by Gasteiger charge is -2.22. The lowest BCUT2D eigenvalue weighted by Crippen LogP contribution is -2.49. The van der Waals surface area contributed by atoms with Gasteiger partial charge in [-0.2, -0.15) is 0 Å². The predicted octanol–water partition coefficient (Wildman–Crippen LogP) is -1.76. The van der Waals surface area contributed by atoms with Crippen LogP contribution in [0.2, 0.25) is 0 Å². The van der Waals surface area contributed by atoms with Crippen LogP contribution in [0.5, 0.6) is 0 Å². The summed E-state index contributed by atoms with van der Waals surface area (Å²) in [5.74, 6) is -2.01. The maximum atomic E-state index is 11.9. The van der Waals surface area contributed by atoms with Gasteiger partial charge in [-0.05, 0) is 6.42 Å². The standard InChI is InChI=1S/C11H18N4O5/c12-8(16)2-1-7(10(18)19)14-11(20)15-5-3-9(17)13-4-6-15/h7H,1-6H2,(H2,12,16)(H,13,17)(H,14,20)(H,18,19). The molecule has 4 amide bonds. The van der Waals surface area contributed by atoms with Crippen LogP contribution in [0.3, 0.4) is 0 Å². The third-order valence-electron chi connectivity index (χ3n) is 2.88. The third kappa shape index (κ3) is 5.12. The molecule has 0 saturated carbocycles. The zero-order valence-electron chi connectivity index (χ0n) is 10.9. The lowest BCUT2D eigenvalue weighted by molar-refractivity contribution is -0.139. The molecule has 0 aliphatic carbocycles. The van der Waals surface area contributed by atoms with Gasteiger partial charge in [0.1, 0.15) is 6.04 Å². The predicted molar refractivity (Wildman–Crippen MR) is 67.6 cm³/mol. The Hall–Kier alpha value is -2.32. The average molecular weight is 286 g/mol. The maximum Gasteiger partial charge on any atom is 0.326 e. The minimum Gasteiger partial charge on any atom is -0.480 e. The van der Waals surface area contributed by atoms with E-state index in [0.29, 0.717) is 13.1 Å². The Kier molecular flexibility index (Phi) is 5.75. The van der Waals surface area contributed by atoms with Crippen molar-refractivity contribution < 1.29 is 24.3 Å². The van der Waals surface area contributed by atoms with E-state index in [-0.39, 0.29) is 31.7 Å². The number of hydrogen-bond acceptors (Lipinski definition) is 4. The number of aliphatic carboxylic acids is 1. The SMILES string of the molecule is NC(=O)CCC(NC(=O)N1CCNC(=O)CC1)C(=O)O. The molecule has 9 heteroatoms. The normalized spacial score (nSPS) is 16.8. The summed E-state index contributed by atoms with van der Waals surface area (Å²) in [5, 5.41) is 13.9. The van der Waals surface area contributed by atoms with Crippen molar-refractivity contribution in [2.24, 2.45) is 5.73 Å². The topological polar surface area (TPSA) is 142 Å². The van der Waals surface area contributed by atoms with Crippen molar-refractivity contribution in [3.63, 3.8) is 0 Å². The first kappa shape index (κ1) is 15.7. The molecular formula is C11H18N4O5. The third-order valence-corrected chi connectivity index (χ3v) is 2.88. The van der Waals surface area contributed by atoms with Crippen molar-refractivity contribution in [3.05, 3.63) is 0 Å². The first-order valence-corrected chi connectivity index (χ1v) is 6.23. The highest BCUT2D eigenvalue weighted by Gasteiger charge is 2.24. The van der Waals surface area contributed by atoms with Crippen molar-refractivity contribution in [2.75, 3.05) is 19.6 Å². The van der Waals surface area contributed by atoms with E-state index in [1.54, 1.807) is 0 Å². The van der Waals surface area contributed by atoms with Crippen molar-refractivity contribution in [3.8, 4) is 0 Å². The van der Waals surface area contributed by atoms with Gasteiger partial charge in [0.2, 0.25) is 11.8 Å². The molecule has 0 radical (unpaired) electrons. The molecule has 1 heterocycles. The average Bonchev–Trinajstić information content (AvgIpc) is 2.58. The molecule has 1 rings (SSSR count). The number of carboxylic acid groups (broad SMARTS) is 1. The molecule has 0 aromatic carbocycles. The first-order valence-electron chi connectivity index (χ1n) is 6.23. The summed E-state index contributed by atoms with van der Waals surface area (Å²) in [6, 6.07) is -1.75. The zero-order chi connectivity index (χ0) is 15.1. The van der Waals surface area contributed by atoms with E-state index in [2.05, 4.69) is 10.6 Å².